The number of ether oxygens (including phenoxy) is 3. The van der Waals surface area contributed by atoms with Crippen LogP contribution in [0.2, 0.25) is 0 Å². The molecule has 18 heteroatoms. The largest absolute Gasteiger partial charge is 0.480 e. The third kappa shape index (κ3) is 16.0. The van der Waals surface area contributed by atoms with E-state index in [1.54, 1.807) is 103 Å². The Kier molecular flexibility index (Phi) is 18.0. The SMILES string of the molecule is N=C(NCCC[C@H](NC(=O)[C@@H]1CCCN1C(=O)[C@@H](Cc1ccccc1)NC(=NC(=O)OCc1ccccc1)NC(=O)OCc1ccccc1)C(=O)O)NC(=O)OCc1ccccc1. The van der Waals surface area contributed by atoms with Gasteiger partial charge in [-0.15, -0.1) is 4.99 Å². The zero-order valence-electron chi connectivity index (χ0n) is 34.4. The molecule has 3 atom stereocenters. The Labute approximate surface area is 363 Å². The number of alkyl carbamates (subject to hydrolysis) is 2. The van der Waals surface area contributed by atoms with E-state index in [4.69, 9.17) is 19.6 Å². The number of hydrogen-bond acceptors (Lipinski definition) is 10. The molecule has 0 bridgehead atoms. The molecule has 0 spiro atoms. The smallest absolute Gasteiger partial charge is 0.437 e. The van der Waals surface area contributed by atoms with Crippen molar-refractivity contribution in [1.29, 1.82) is 5.41 Å². The molecule has 1 heterocycles. The van der Waals surface area contributed by atoms with Crippen LogP contribution in [0.5, 0.6) is 0 Å². The highest BCUT2D eigenvalue weighted by molar-refractivity contribution is 6.01. The van der Waals surface area contributed by atoms with Gasteiger partial charge in [0.05, 0.1) is 0 Å². The molecule has 0 radical (unpaired) electrons. The van der Waals surface area contributed by atoms with Gasteiger partial charge in [0.1, 0.15) is 37.9 Å². The molecular formula is C45H50N8O10. The number of amides is 5. The maximum Gasteiger partial charge on any atom is 0.437 e. The fraction of sp³-hybridized carbons (Fsp3) is 0.289. The number of aliphatic carboxylic acids is 1. The number of rotatable bonds is 17. The molecule has 18 nitrogen and oxygen atoms in total. The van der Waals surface area contributed by atoms with Crippen LogP contribution in [0.15, 0.2) is 126 Å². The van der Waals surface area contributed by atoms with Crippen LogP contribution >= 0.6 is 0 Å². The topological polar surface area (TPSA) is 250 Å². The lowest BCUT2D eigenvalue weighted by Crippen LogP contribution is -2.57. The van der Waals surface area contributed by atoms with Crippen molar-refractivity contribution in [2.45, 2.75) is 70.1 Å². The van der Waals surface area contributed by atoms with Gasteiger partial charge in [-0.2, -0.15) is 0 Å². The van der Waals surface area contributed by atoms with Crippen molar-refractivity contribution >= 4 is 48.0 Å². The Morgan fingerprint density at radius 2 is 1.19 bits per heavy atom. The highest BCUT2D eigenvalue weighted by Crippen LogP contribution is 2.20. The van der Waals surface area contributed by atoms with Gasteiger partial charge in [-0.3, -0.25) is 25.6 Å². The van der Waals surface area contributed by atoms with Crippen LogP contribution in [0.3, 0.4) is 0 Å². The van der Waals surface area contributed by atoms with Gasteiger partial charge in [0.25, 0.3) is 0 Å². The number of carbonyl (C=O) groups is 6. The molecule has 0 saturated carbocycles. The van der Waals surface area contributed by atoms with Crippen molar-refractivity contribution in [1.82, 2.24) is 31.5 Å². The third-order valence-electron chi connectivity index (χ3n) is 9.60. The first-order valence-electron chi connectivity index (χ1n) is 20.3. The summed E-state index contributed by atoms with van der Waals surface area (Å²) in [6, 6.07) is 32.1. The number of likely N-dealkylation sites (tertiary alicyclic amines) is 1. The number of carbonyl (C=O) groups excluding carboxylic acids is 5. The van der Waals surface area contributed by atoms with Crippen molar-refractivity contribution in [3.05, 3.63) is 144 Å². The first-order chi connectivity index (χ1) is 30.5. The van der Waals surface area contributed by atoms with Gasteiger partial charge in [0, 0.05) is 19.5 Å². The summed E-state index contributed by atoms with van der Waals surface area (Å²) in [5.74, 6) is -3.35. The summed E-state index contributed by atoms with van der Waals surface area (Å²) in [7, 11) is 0. The summed E-state index contributed by atoms with van der Waals surface area (Å²) in [4.78, 5) is 83.8. The molecule has 0 unspecified atom stereocenters. The minimum absolute atomic E-state index is 0.0126. The molecular weight excluding hydrogens is 813 g/mol. The van der Waals surface area contributed by atoms with Crippen molar-refractivity contribution in [3.8, 4) is 0 Å². The second-order valence-corrected chi connectivity index (χ2v) is 14.3. The monoisotopic (exact) mass is 862 g/mol. The molecule has 1 fully saturated rings. The van der Waals surface area contributed by atoms with E-state index >= 15 is 0 Å². The van der Waals surface area contributed by atoms with Crippen molar-refractivity contribution < 1.29 is 48.1 Å². The molecule has 4 aromatic rings. The van der Waals surface area contributed by atoms with Crippen LogP contribution in [0, 0.1) is 5.41 Å². The van der Waals surface area contributed by atoms with Crippen LogP contribution in [0.25, 0.3) is 0 Å². The van der Waals surface area contributed by atoms with Crippen molar-refractivity contribution in [2.24, 2.45) is 4.99 Å². The van der Waals surface area contributed by atoms with Crippen LogP contribution in [-0.4, -0.2) is 89.2 Å². The fourth-order valence-electron chi connectivity index (χ4n) is 6.46. The van der Waals surface area contributed by atoms with Gasteiger partial charge in [-0.25, -0.2) is 19.2 Å². The third-order valence-corrected chi connectivity index (χ3v) is 9.60. The zero-order chi connectivity index (χ0) is 44.8. The van der Waals surface area contributed by atoms with E-state index in [1.807, 2.05) is 18.2 Å². The molecule has 1 aliphatic rings. The molecule has 330 valence electrons. The number of carboxylic acid groups (broad SMARTS) is 1. The van der Waals surface area contributed by atoms with Gasteiger partial charge in [0.15, 0.2) is 5.96 Å². The van der Waals surface area contributed by atoms with E-state index in [0.29, 0.717) is 23.1 Å². The van der Waals surface area contributed by atoms with E-state index in [2.05, 4.69) is 31.6 Å². The fourth-order valence-corrected chi connectivity index (χ4v) is 6.46. The predicted octanol–water partition coefficient (Wildman–Crippen LogP) is 4.60. The maximum absolute atomic E-state index is 14.5. The summed E-state index contributed by atoms with van der Waals surface area (Å²) in [5, 5.41) is 30.7. The summed E-state index contributed by atoms with van der Waals surface area (Å²) in [5.41, 5.74) is 2.86. The lowest BCUT2D eigenvalue weighted by atomic mass is 10.0. The standard InChI is InChI=1S/C45H50N8O10/c46-41(50-43(58)61-28-32-17-7-2-8-18-32)47-25-13-23-35(40(56)57)48-38(54)37-24-14-26-53(37)39(55)36(27-31-15-5-1-6-16-31)49-42(51-44(59)62-29-33-19-9-3-10-20-33)52-45(60)63-30-34-21-11-4-12-22-34/h1-12,15-22,35-37H,13-14,23-30H2,(H,48,54)(H,56,57)(H3,46,47,50,58)(H2,49,51,52,59,60)/t35-,36+,37-/m0/s1. The normalized spacial score (nSPS) is 14.3. The van der Waals surface area contributed by atoms with E-state index in [9.17, 15) is 33.9 Å². The van der Waals surface area contributed by atoms with Gasteiger partial charge >= 0.3 is 24.2 Å². The molecule has 63 heavy (non-hydrogen) atoms. The Bertz CT molecular complexity index is 2180. The molecule has 1 aliphatic heterocycles. The average Bonchev–Trinajstić information content (AvgIpc) is 3.79. The van der Waals surface area contributed by atoms with E-state index in [-0.39, 0.29) is 64.6 Å². The maximum atomic E-state index is 14.5. The molecule has 1 saturated heterocycles. The minimum Gasteiger partial charge on any atom is -0.480 e. The number of guanidine groups is 2. The Morgan fingerprint density at radius 3 is 1.73 bits per heavy atom. The molecule has 7 N–H and O–H groups in total. The first-order valence-corrected chi connectivity index (χ1v) is 20.3. The van der Waals surface area contributed by atoms with E-state index < -0.39 is 60.1 Å². The number of hydrogen-bond donors (Lipinski definition) is 7. The van der Waals surface area contributed by atoms with Crippen LogP contribution in [0.1, 0.15) is 47.9 Å². The van der Waals surface area contributed by atoms with Crippen LogP contribution in [-0.2, 0) is 54.8 Å². The average molecular weight is 863 g/mol. The van der Waals surface area contributed by atoms with Gasteiger partial charge < -0.3 is 40.2 Å². The quantitative estimate of drug-likeness (QED) is 0.0333. The lowest BCUT2D eigenvalue weighted by Gasteiger charge is -2.30. The summed E-state index contributed by atoms with van der Waals surface area (Å²) >= 11 is 0. The minimum atomic E-state index is -1.33. The number of aliphatic imine (C=N–C) groups is 1. The van der Waals surface area contributed by atoms with E-state index in [1.165, 1.54) is 4.90 Å². The highest BCUT2D eigenvalue weighted by atomic mass is 16.6. The number of carboxylic acids is 1. The van der Waals surface area contributed by atoms with Gasteiger partial charge in [-0.05, 0) is 47.9 Å². The Balaban J connectivity index is 1.22. The van der Waals surface area contributed by atoms with Crippen LogP contribution < -0.4 is 26.6 Å². The van der Waals surface area contributed by atoms with E-state index in [0.717, 1.165) is 5.56 Å². The van der Waals surface area contributed by atoms with Gasteiger partial charge in [-0.1, -0.05) is 121 Å². The molecule has 0 aromatic heterocycles. The number of benzene rings is 4. The molecule has 4 aromatic carbocycles. The van der Waals surface area contributed by atoms with Crippen molar-refractivity contribution in [3.63, 3.8) is 0 Å². The summed E-state index contributed by atoms with van der Waals surface area (Å²) < 4.78 is 15.8. The zero-order valence-corrected chi connectivity index (χ0v) is 34.4. The number of nitrogens with zero attached hydrogens (tertiary/aromatic N) is 2. The molecule has 0 aliphatic carbocycles. The molecule has 5 rings (SSSR count). The number of nitrogens with one attached hydrogen (secondary N) is 6. The second kappa shape index (κ2) is 24.5. The molecule has 5 amide bonds. The Hall–Kier alpha value is -7.76. The predicted molar refractivity (Wildman–Crippen MR) is 230 cm³/mol. The van der Waals surface area contributed by atoms with Crippen LogP contribution in [0.4, 0.5) is 14.4 Å². The highest BCUT2D eigenvalue weighted by Gasteiger charge is 2.39. The Morgan fingerprint density at radius 1 is 0.683 bits per heavy atom. The first kappa shape index (κ1) is 46.3. The van der Waals surface area contributed by atoms with Crippen molar-refractivity contribution in [2.75, 3.05) is 13.1 Å². The summed E-state index contributed by atoms with van der Waals surface area (Å²) in [6.45, 7) is 0.0455. The second-order valence-electron chi connectivity index (χ2n) is 14.3. The summed E-state index contributed by atoms with van der Waals surface area (Å²) in [6.07, 6.45) is -2.03. The van der Waals surface area contributed by atoms with Gasteiger partial charge in [0.2, 0.25) is 17.8 Å². The lowest BCUT2D eigenvalue weighted by molar-refractivity contribution is -0.144.